The summed E-state index contributed by atoms with van der Waals surface area (Å²) in [7, 11) is 0. The van der Waals surface area contributed by atoms with Gasteiger partial charge in [0, 0.05) is 34.0 Å². The predicted molar refractivity (Wildman–Crippen MR) is 90.9 cm³/mol. The van der Waals surface area contributed by atoms with Gasteiger partial charge in [-0.3, -0.25) is 0 Å². The molecule has 0 saturated carbocycles. The molecule has 3 rings (SSSR count). The Morgan fingerprint density at radius 1 is 1.14 bits per heavy atom. The van der Waals surface area contributed by atoms with E-state index in [0.29, 0.717) is 26.9 Å². The van der Waals surface area contributed by atoms with Crippen LogP contribution in [0.4, 0.5) is 4.39 Å². The number of nitrogens with zero attached hydrogens (tertiary/aromatic N) is 2. The molecule has 0 aliphatic carbocycles. The summed E-state index contributed by atoms with van der Waals surface area (Å²) in [6.07, 6.45) is 3.52. The van der Waals surface area contributed by atoms with Crippen LogP contribution in [0.5, 0.6) is 0 Å². The zero-order valence-electron chi connectivity index (χ0n) is 11.2. The van der Waals surface area contributed by atoms with Crippen LogP contribution in [0.1, 0.15) is 5.56 Å². The number of hydrogen-bond acceptors (Lipinski definition) is 1. The van der Waals surface area contributed by atoms with Crippen LogP contribution in [-0.4, -0.2) is 9.55 Å². The van der Waals surface area contributed by atoms with Crippen LogP contribution in [0.25, 0.3) is 11.4 Å². The summed E-state index contributed by atoms with van der Waals surface area (Å²) in [5.74, 6) is 0.428. The molecule has 0 radical (unpaired) electrons. The number of halogens is 4. The summed E-state index contributed by atoms with van der Waals surface area (Å²) in [6.45, 7) is 0.491. The molecule has 0 amide bonds. The Labute approximate surface area is 145 Å². The Morgan fingerprint density at radius 3 is 2.68 bits per heavy atom. The van der Waals surface area contributed by atoms with Crippen molar-refractivity contribution in [3.05, 3.63) is 74.7 Å². The minimum absolute atomic E-state index is 0.282. The van der Waals surface area contributed by atoms with E-state index in [2.05, 4.69) is 20.9 Å². The molecule has 0 atom stereocenters. The topological polar surface area (TPSA) is 17.8 Å². The highest BCUT2D eigenvalue weighted by atomic mass is 79.9. The van der Waals surface area contributed by atoms with Crippen molar-refractivity contribution in [3.63, 3.8) is 0 Å². The highest BCUT2D eigenvalue weighted by molar-refractivity contribution is 9.10. The van der Waals surface area contributed by atoms with Gasteiger partial charge < -0.3 is 4.57 Å². The number of hydrogen-bond donors (Lipinski definition) is 0. The first-order valence-corrected chi connectivity index (χ1v) is 7.99. The number of aromatic nitrogens is 2. The third kappa shape index (κ3) is 3.35. The van der Waals surface area contributed by atoms with Crippen molar-refractivity contribution in [2.75, 3.05) is 0 Å². The van der Waals surface area contributed by atoms with E-state index in [-0.39, 0.29) is 5.82 Å². The molecule has 112 valence electrons. The van der Waals surface area contributed by atoms with Crippen molar-refractivity contribution in [1.82, 2.24) is 9.55 Å². The van der Waals surface area contributed by atoms with Crippen LogP contribution in [0, 0.1) is 5.82 Å². The lowest BCUT2D eigenvalue weighted by atomic mass is 10.2. The molecule has 0 aliphatic heterocycles. The summed E-state index contributed by atoms with van der Waals surface area (Å²) in [4.78, 5) is 4.35. The summed E-state index contributed by atoms with van der Waals surface area (Å²) in [5.41, 5.74) is 1.61. The molecule has 0 fully saturated rings. The fourth-order valence-corrected chi connectivity index (χ4v) is 3.26. The smallest absolute Gasteiger partial charge is 0.141 e. The van der Waals surface area contributed by atoms with E-state index in [9.17, 15) is 4.39 Å². The third-order valence-electron chi connectivity index (χ3n) is 3.16. The van der Waals surface area contributed by atoms with Crippen molar-refractivity contribution in [2.24, 2.45) is 0 Å². The van der Waals surface area contributed by atoms with Gasteiger partial charge in [-0.05, 0) is 42.0 Å². The van der Waals surface area contributed by atoms with Gasteiger partial charge >= 0.3 is 0 Å². The van der Waals surface area contributed by atoms with E-state index in [1.165, 1.54) is 12.1 Å². The molecule has 2 nitrogen and oxygen atoms in total. The van der Waals surface area contributed by atoms with E-state index in [0.717, 1.165) is 11.1 Å². The standard InChI is InChI=1S/C16H10BrCl2FN2/c17-11-5-10(6-13(20)7-11)9-22-4-3-21-16(22)14-2-1-12(18)8-15(14)19/h1-8H,9H2. The Hall–Kier alpha value is -1.36. The van der Waals surface area contributed by atoms with Gasteiger partial charge in [-0.15, -0.1) is 0 Å². The Morgan fingerprint density at radius 2 is 1.95 bits per heavy atom. The zero-order chi connectivity index (χ0) is 15.7. The minimum Gasteiger partial charge on any atom is -0.327 e. The van der Waals surface area contributed by atoms with Gasteiger partial charge in [-0.2, -0.15) is 0 Å². The zero-order valence-corrected chi connectivity index (χ0v) is 14.3. The van der Waals surface area contributed by atoms with E-state index in [1.807, 2.05) is 22.9 Å². The average Bonchev–Trinajstić information content (AvgIpc) is 2.85. The van der Waals surface area contributed by atoms with E-state index in [1.54, 1.807) is 18.3 Å². The SMILES string of the molecule is Fc1cc(Br)cc(Cn2ccnc2-c2ccc(Cl)cc2Cl)c1. The van der Waals surface area contributed by atoms with Gasteiger partial charge in [0.05, 0.1) is 5.02 Å². The second kappa shape index (κ2) is 6.41. The first kappa shape index (κ1) is 15.5. The van der Waals surface area contributed by atoms with Crippen molar-refractivity contribution >= 4 is 39.1 Å². The van der Waals surface area contributed by atoms with Gasteiger partial charge in [0.15, 0.2) is 0 Å². The van der Waals surface area contributed by atoms with Gasteiger partial charge in [-0.25, -0.2) is 9.37 Å². The highest BCUT2D eigenvalue weighted by Gasteiger charge is 2.11. The Balaban J connectivity index is 1.98. The molecular formula is C16H10BrCl2FN2. The monoisotopic (exact) mass is 398 g/mol. The highest BCUT2D eigenvalue weighted by Crippen LogP contribution is 2.29. The molecule has 1 heterocycles. The van der Waals surface area contributed by atoms with E-state index in [4.69, 9.17) is 23.2 Å². The van der Waals surface area contributed by atoms with Gasteiger partial charge in [0.2, 0.25) is 0 Å². The third-order valence-corrected chi connectivity index (χ3v) is 4.17. The molecule has 0 bridgehead atoms. The molecule has 0 N–H and O–H groups in total. The van der Waals surface area contributed by atoms with Crippen molar-refractivity contribution in [2.45, 2.75) is 6.54 Å². The Kier molecular flexibility index (Phi) is 4.52. The molecule has 0 unspecified atom stereocenters. The fourth-order valence-electron chi connectivity index (χ4n) is 2.25. The molecule has 6 heteroatoms. The fraction of sp³-hybridized carbons (Fsp3) is 0.0625. The second-order valence-electron chi connectivity index (χ2n) is 4.78. The summed E-state index contributed by atoms with van der Waals surface area (Å²) in [5, 5.41) is 1.10. The van der Waals surface area contributed by atoms with Gasteiger partial charge in [0.1, 0.15) is 11.6 Å². The molecule has 0 saturated heterocycles. The summed E-state index contributed by atoms with van der Waals surface area (Å²) >= 11 is 15.5. The molecule has 1 aromatic heterocycles. The lowest BCUT2D eigenvalue weighted by Gasteiger charge is -2.10. The Bertz CT molecular complexity index is 813. The molecule has 2 aromatic carbocycles. The van der Waals surface area contributed by atoms with E-state index < -0.39 is 0 Å². The van der Waals surface area contributed by atoms with Crippen LogP contribution in [-0.2, 0) is 6.54 Å². The summed E-state index contributed by atoms with van der Waals surface area (Å²) < 4.78 is 16.1. The van der Waals surface area contributed by atoms with Crippen LogP contribution in [0.3, 0.4) is 0 Å². The average molecular weight is 400 g/mol. The lowest BCUT2D eigenvalue weighted by Crippen LogP contribution is -2.02. The predicted octanol–water partition coefficient (Wildman–Crippen LogP) is 5.81. The lowest BCUT2D eigenvalue weighted by molar-refractivity contribution is 0.622. The summed E-state index contributed by atoms with van der Waals surface area (Å²) in [6, 6.07) is 10.1. The minimum atomic E-state index is -0.282. The molecule has 3 aromatic rings. The van der Waals surface area contributed by atoms with Gasteiger partial charge in [-0.1, -0.05) is 39.1 Å². The van der Waals surface area contributed by atoms with Crippen molar-refractivity contribution in [1.29, 1.82) is 0 Å². The van der Waals surface area contributed by atoms with Crippen molar-refractivity contribution in [3.8, 4) is 11.4 Å². The molecule has 22 heavy (non-hydrogen) atoms. The van der Waals surface area contributed by atoms with Crippen LogP contribution in [0.2, 0.25) is 10.0 Å². The van der Waals surface area contributed by atoms with E-state index >= 15 is 0 Å². The van der Waals surface area contributed by atoms with Gasteiger partial charge in [0.25, 0.3) is 0 Å². The first-order chi connectivity index (χ1) is 10.5. The normalized spacial score (nSPS) is 10.9. The quantitative estimate of drug-likeness (QED) is 0.543. The molecule has 0 spiro atoms. The van der Waals surface area contributed by atoms with Crippen molar-refractivity contribution < 1.29 is 4.39 Å². The maximum absolute atomic E-state index is 13.5. The molecular weight excluding hydrogens is 390 g/mol. The molecule has 0 aliphatic rings. The first-order valence-electron chi connectivity index (χ1n) is 6.44. The largest absolute Gasteiger partial charge is 0.327 e. The maximum atomic E-state index is 13.5. The van der Waals surface area contributed by atoms with Crippen LogP contribution < -0.4 is 0 Å². The number of imidazole rings is 1. The number of benzene rings is 2. The van der Waals surface area contributed by atoms with Crippen LogP contribution in [0.15, 0.2) is 53.3 Å². The number of rotatable bonds is 3. The maximum Gasteiger partial charge on any atom is 0.141 e. The second-order valence-corrected chi connectivity index (χ2v) is 6.54. The van der Waals surface area contributed by atoms with Crippen LogP contribution >= 0.6 is 39.1 Å².